The van der Waals surface area contributed by atoms with E-state index in [0.717, 1.165) is 55.4 Å². The molecule has 1 aliphatic rings. The van der Waals surface area contributed by atoms with Crippen LogP contribution in [-0.4, -0.2) is 50.1 Å². The SMILES string of the molecule is CCNC(=NCc1ccc(OC)c(C)c1)NCC1CC(=O)N(CCc2ccccc2)C1.I. The molecule has 1 amide bonds. The van der Waals surface area contributed by atoms with Crippen LogP contribution in [0.15, 0.2) is 53.5 Å². The van der Waals surface area contributed by atoms with Crippen molar-refractivity contribution < 1.29 is 9.53 Å². The molecule has 1 aliphatic heterocycles. The van der Waals surface area contributed by atoms with Crippen molar-refractivity contribution >= 4 is 35.8 Å². The van der Waals surface area contributed by atoms with Gasteiger partial charge >= 0.3 is 0 Å². The molecule has 0 radical (unpaired) electrons. The van der Waals surface area contributed by atoms with E-state index in [1.165, 1.54) is 5.56 Å². The Kier molecular flexibility index (Phi) is 10.8. The number of halogens is 1. The quantitative estimate of drug-likeness (QED) is 0.284. The van der Waals surface area contributed by atoms with Crippen LogP contribution in [0.4, 0.5) is 0 Å². The molecule has 0 bridgehead atoms. The number of amides is 1. The highest BCUT2D eigenvalue weighted by Gasteiger charge is 2.29. The molecule has 0 aromatic heterocycles. The Labute approximate surface area is 208 Å². The van der Waals surface area contributed by atoms with Crippen LogP contribution in [0.1, 0.15) is 30.0 Å². The summed E-state index contributed by atoms with van der Waals surface area (Å²) >= 11 is 0. The molecule has 3 rings (SSSR count). The highest BCUT2D eigenvalue weighted by atomic mass is 127. The summed E-state index contributed by atoms with van der Waals surface area (Å²) in [6.07, 6.45) is 1.50. The summed E-state index contributed by atoms with van der Waals surface area (Å²) in [6, 6.07) is 16.5. The Hall–Kier alpha value is -2.29. The van der Waals surface area contributed by atoms with Gasteiger partial charge in [-0.15, -0.1) is 24.0 Å². The third-order valence-electron chi connectivity index (χ3n) is 5.59. The Morgan fingerprint density at radius 2 is 1.94 bits per heavy atom. The van der Waals surface area contributed by atoms with Gasteiger partial charge in [0.1, 0.15) is 5.75 Å². The summed E-state index contributed by atoms with van der Waals surface area (Å²) < 4.78 is 5.33. The van der Waals surface area contributed by atoms with Crippen LogP contribution in [0, 0.1) is 12.8 Å². The van der Waals surface area contributed by atoms with Crippen molar-refractivity contribution in [3.8, 4) is 5.75 Å². The lowest BCUT2D eigenvalue weighted by Crippen LogP contribution is -2.40. The van der Waals surface area contributed by atoms with E-state index in [1.54, 1.807) is 7.11 Å². The number of benzene rings is 2. The van der Waals surface area contributed by atoms with Gasteiger partial charge in [0, 0.05) is 38.5 Å². The lowest BCUT2D eigenvalue weighted by molar-refractivity contribution is -0.127. The minimum absolute atomic E-state index is 0. The van der Waals surface area contributed by atoms with Crippen molar-refractivity contribution in [2.24, 2.45) is 10.9 Å². The lowest BCUT2D eigenvalue weighted by Gasteiger charge is -2.18. The number of rotatable bonds is 9. The minimum atomic E-state index is 0. The first-order chi connectivity index (χ1) is 15.1. The van der Waals surface area contributed by atoms with Gasteiger partial charge in [-0.1, -0.05) is 42.5 Å². The van der Waals surface area contributed by atoms with Gasteiger partial charge in [-0.05, 0) is 43.0 Å². The van der Waals surface area contributed by atoms with Crippen LogP contribution in [0.3, 0.4) is 0 Å². The first kappa shape index (κ1) is 26.0. The third-order valence-corrected chi connectivity index (χ3v) is 5.59. The summed E-state index contributed by atoms with van der Waals surface area (Å²) in [7, 11) is 1.68. The molecule has 1 atom stereocenters. The van der Waals surface area contributed by atoms with E-state index in [-0.39, 0.29) is 29.9 Å². The molecule has 1 fully saturated rings. The molecule has 32 heavy (non-hydrogen) atoms. The second-order valence-corrected chi connectivity index (χ2v) is 8.03. The maximum atomic E-state index is 12.4. The average molecular weight is 550 g/mol. The zero-order valence-electron chi connectivity index (χ0n) is 19.3. The third kappa shape index (κ3) is 7.69. The maximum absolute atomic E-state index is 12.4. The summed E-state index contributed by atoms with van der Waals surface area (Å²) in [5.74, 6) is 2.22. The lowest BCUT2D eigenvalue weighted by atomic mass is 10.1. The first-order valence-electron chi connectivity index (χ1n) is 11.1. The normalized spacial score (nSPS) is 16.0. The molecular formula is C25H35IN4O2. The molecule has 2 N–H and O–H groups in total. The molecule has 7 heteroatoms. The fraction of sp³-hybridized carbons (Fsp3) is 0.440. The van der Waals surface area contributed by atoms with Gasteiger partial charge in [0.2, 0.25) is 5.91 Å². The fourth-order valence-corrected chi connectivity index (χ4v) is 3.91. The van der Waals surface area contributed by atoms with Gasteiger partial charge in [0.25, 0.3) is 0 Å². The summed E-state index contributed by atoms with van der Waals surface area (Å²) in [5.41, 5.74) is 3.51. The molecule has 0 saturated carbocycles. The number of methoxy groups -OCH3 is 1. The summed E-state index contributed by atoms with van der Waals surface area (Å²) in [6.45, 7) is 7.80. The number of ether oxygens (including phenoxy) is 1. The molecule has 1 unspecified atom stereocenters. The molecule has 2 aromatic carbocycles. The Balaban J connectivity index is 0.00000363. The van der Waals surface area contributed by atoms with Gasteiger partial charge < -0.3 is 20.3 Å². The van der Waals surface area contributed by atoms with E-state index in [4.69, 9.17) is 9.73 Å². The Morgan fingerprint density at radius 3 is 2.62 bits per heavy atom. The number of carbonyl (C=O) groups excluding carboxylic acids is 1. The van der Waals surface area contributed by atoms with E-state index >= 15 is 0 Å². The number of guanidine groups is 1. The number of aryl methyl sites for hydroxylation is 1. The van der Waals surface area contributed by atoms with Crippen LogP contribution < -0.4 is 15.4 Å². The second-order valence-electron chi connectivity index (χ2n) is 8.03. The van der Waals surface area contributed by atoms with Crippen molar-refractivity contribution in [3.63, 3.8) is 0 Å². The van der Waals surface area contributed by atoms with Gasteiger partial charge in [0.05, 0.1) is 13.7 Å². The van der Waals surface area contributed by atoms with Gasteiger partial charge in [0.15, 0.2) is 5.96 Å². The van der Waals surface area contributed by atoms with E-state index in [9.17, 15) is 4.79 Å². The number of carbonyl (C=O) groups is 1. The smallest absolute Gasteiger partial charge is 0.223 e. The zero-order valence-corrected chi connectivity index (χ0v) is 21.6. The van der Waals surface area contributed by atoms with Crippen molar-refractivity contribution in [2.45, 2.75) is 33.2 Å². The minimum Gasteiger partial charge on any atom is -0.496 e. The van der Waals surface area contributed by atoms with Crippen molar-refractivity contribution in [3.05, 3.63) is 65.2 Å². The van der Waals surface area contributed by atoms with E-state index in [0.29, 0.717) is 18.9 Å². The monoisotopic (exact) mass is 550 g/mol. The highest BCUT2D eigenvalue weighted by molar-refractivity contribution is 14.0. The predicted octanol–water partition coefficient (Wildman–Crippen LogP) is 3.77. The largest absolute Gasteiger partial charge is 0.496 e. The summed E-state index contributed by atoms with van der Waals surface area (Å²) in [5, 5.41) is 6.72. The molecule has 1 heterocycles. The first-order valence-corrected chi connectivity index (χ1v) is 11.1. The molecule has 2 aromatic rings. The van der Waals surface area contributed by atoms with Crippen molar-refractivity contribution in [2.75, 3.05) is 33.3 Å². The van der Waals surface area contributed by atoms with Gasteiger partial charge in [-0.3, -0.25) is 4.79 Å². The Bertz CT molecular complexity index is 889. The fourth-order valence-electron chi connectivity index (χ4n) is 3.91. The number of likely N-dealkylation sites (tertiary alicyclic amines) is 1. The second kappa shape index (κ2) is 13.3. The number of aliphatic imine (C=N–C) groups is 1. The molecule has 6 nitrogen and oxygen atoms in total. The molecule has 174 valence electrons. The molecular weight excluding hydrogens is 515 g/mol. The predicted molar refractivity (Wildman–Crippen MR) is 141 cm³/mol. The van der Waals surface area contributed by atoms with E-state index in [2.05, 4.69) is 35.8 Å². The number of hydrogen-bond donors (Lipinski definition) is 2. The average Bonchev–Trinajstić information content (AvgIpc) is 3.14. The van der Waals surface area contributed by atoms with Crippen LogP contribution >= 0.6 is 24.0 Å². The number of nitrogens with one attached hydrogen (secondary N) is 2. The van der Waals surface area contributed by atoms with E-state index < -0.39 is 0 Å². The molecule has 1 saturated heterocycles. The summed E-state index contributed by atoms with van der Waals surface area (Å²) in [4.78, 5) is 19.1. The van der Waals surface area contributed by atoms with Crippen molar-refractivity contribution in [1.29, 1.82) is 0 Å². The van der Waals surface area contributed by atoms with Gasteiger partial charge in [-0.2, -0.15) is 0 Å². The van der Waals surface area contributed by atoms with Crippen molar-refractivity contribution in [1.82, 2.24) is 15.5 Å². The van der Waals surface area contributed by atoms with E-state index in [1.807, 2.05) is 42.2 Å². The number of nitrogens with zero attached hydrogens (tertiary/aromatic N) is 2. The standard InChI is InChI=1S/C25H34N4O2.HI/c1-4-26-25(27-16-21-10-11-23(31-3)19(2)14-21)28-17-22-15-24(30)29(18-22)13-12-20-8-6-5-7-9-20;/h5-11,14,22H,4,12-13,15-18H2,1-3H3,(H2,26,27,28);1H. The van der Waals surface area contributed by atoms with Gasteiger partial charge in [-0.25, -0.2) is 4.99 Å². The van der Waals surface area contributed by atoms with Crippen LogP contribution in [0.5, 0.6) is 5.75 Å². The topological polar surface area (TPSA) is 66.0 Å². The molecule has 0 spiro atoms. The highest BCUT2D eigenvalue weighted by Crippen LogP contribution is 2.19. The maximum Gasteiger partial charge on any atom is 0.223 e. The van der Waals surface area contributed by atoms with Crippen LogP contribution in [0.2, 0.25) is 0 Å². The van der Waals surface area contributed by atoms with Crippen LogP contribution in [-0.2, 0) is 17.8 Å². The Morgan fingerprint density at radius 1 is 1.16 bits per heavy atom. The zero-order chi connectivity index (χ0) is 22.1. The number of hydrogen-bond acceptors (Lipinski definition) is 3. The molecule has 0 aliphatic carbocycles. The van der Waals surface area contributed by atoms with Crippen LogP contribution in [0.25, 0.3) is 0 Å².